The number of rotatable bonds is 4. The van der Waals surface area contributed by atoms with Crippen molar-refractivity contribution in [1.29, 1.82) is 0 Å². The van der Waals surface area contributed by atoms with Crippen LogP contribution < -0.4 is 15.4 Å². The van der Waals surface area contributed by atoms with Gasteiger partial charge in [0, 0.05) is 37.6 Å². The van der Waals surface area contributed by atoms with Gasteiger partial charge in [-0.15, -0.1) is 0 Å². The van der Waals surface area contributed by atoms with Gasteiger partial charge >= 0.3 is 0 Å². The van der Waals surface area contributed by atoms with E-state index >= 15 is 0 Å². The van der Waals surface area contributed by atoms with Gasteiger partial charge < -0.3 is 19.9 Å². The lowest BCUT2D eigenvalue weighted by atomic mass is 9.98. The average Bonchev–Trinajstić information content (AvgIpc) is 3.26. The molecule has 1 amide bonds. The number of aryl methyl sites for hydroxylation is 2. The lowest BCUT2D eigenvalue weighted by Crippen LogP contribution is -2.25. The number of ether oxygens (including phenoxy) is 1. The number of carbonyl (C=O) groups excluding carboxylic acids is 1. The van der Waals surface area contributed by atoms with Crippen LogP contribution in [-0.4, -0.2) is 31.0 Å². The van der Waals surface area contributed by atoms with Crippen molar-refractivity contribution < 1.29 is 9.53 Å². The van der Waals surface area contributed by atoms with Gasteiger partial charge in [0.1, 0.15) is 17.2 Å². The Labute approximate surface area is 206 Å². The number of pyridine rings is 2. The molecule has 0 radical (unpaired) electrons. The lowest BCUT2D eigenvalue weighted by Gasteiger charge is -2.18. The van der Waals surface area contributed by atoms with Crippen LogP contribution in [0.15, 0.2) is 36.8 Å². The number of hydrogen-bond donors (Lipinski definition) is 2. The number of anilines is 3. The summed E-state index contributed by atoms with van der Waals surface area (Å²) >= 11 is 12.6. The number of fused-ring (bicyclic) bond motifs is 3. The minimum atomic E-state index is -0.469. The molecule has 1 aromatic carbocycles. The van der Waals surface area contributed by atoms with E-state index in [0.717, 1.165) is 16.6 Å². The first-order chi connectivity index (χ1) is 16.1. The van der Waals surface area contributed by atoms with Crippen LogP contribution in [0.25, 0.3) is 11.0 Å². The second kappa shape index (κ2) is 8.14. The molecule has 8 nitrogen and oxygen atoms in total. The Kier molecular flexibility index (Phi) is 5.37. The molecule has 1 aliphatic heterocycles. The van der Waals surface area contributed by atoms with Crippen molar-refractivity contribution in [2.75, 3.05) is 10.6 Å². The van der Waals surface area contributed by atoms with Crippen molar-refractivity contribution in [3.8, 4) is 5.75 Å². The third-order valence-electron chi connectivity index (χ3n) is 5.68. The third kappa shape index (κ3) is 3.93. The fraction of sp³-hybridized carbons (Fsp3) is 0.250. The molecule has 0 unspecified atom stereocenters. The average molecular weight is 497 g/mol. The molecule has 0 atom stereocenters. The van der Waals surface area contributed by atoms with E-state index in [2.05, 4.69) is 20.6 Å². The van der Waals surface area contributed by atoms with Crippen molar-refractivity contribution in [3.05, 3.63) is 63.5 Å². The first-order valence-corrected chi connectivity index (χ1v) is 11.4. The van der Waals surface area contributed by atoms with E-state index in [-0.39, 0.29) is 5.91 Å². The SMILES string of the molecule is Cc1ccc(NC(=O)c2cc3nc(Nc4c(Cl)cncc4Cl)n(C)c3c3c2OC(C)(C)C3)nc1. The van der Waals surface area contributed by atoms with E-state index in [9.17, 15) is 4.79 Å². The molecule has 0 saturated heterocycles. The smallest absolute Gasteiger partial charge is 0.260 e. The summed E-state index contributed by atoms with van der Waals surface area (Å²) in [5.41, 5.74) is 3.88. The van der Waals surface area contributed by atoms with Crippen molar-refractivity contribution in [2.24, 2.45) is 7.05 Å². The van der Waals surface area contributed by atoms with Gasteiger partial charge in [-0.2, -0.15) is 0 Å². The zero-order valence-electron chi connectivity index (χ0n) is 19.0. The second-order valence-corrected chi connectivity index (χ2v) is 9.72. The van der Waals surface area contributed by atoms with Crippen molar-refractivity contribution in [3.63, 3.8) is 0 Å². The van der Waals surface area contributed by atoms with E-state index in [1.807, 2.05) is 38.5 Å². The summed E-state index contributed by atoms with van der Waals surface area (Å²) in [5, 5.41) is 6.81. The van der Waals surface area contributed by atoms with Crippen molar-refractivity contribution in [2.45, 2.75) is 32.8 Å². The molecule has 4 heterocycles. The summed E-state index contributed by atoms with van der Waals surface area (Å²) < 4.78 is 8.15. The summed E-state index contributed by atoms with van der Waals surface area (Å²) in [6.45, 7) is 5.93. The first-order valence-electron chi connectivity index (χ1n) is 10.6. The highest BCUT2D eigenvalue weighted by Gasteiger charge is 2.36. The zero-order chi connectivity index (χ0) is 24.2. The number of nitrogens with one attached hydrogen (secondary N) is 2. The Bertz CT molecular complexity index is 1430. The predicted octanol–water partition coefficient (Wildman–Crippen LogP) is 5.69. The summed E-state index contributed by atoms with van der Waals surface area (Å²) in [7, 11) is 1.89. The molecule has 4 aromatic rings. The van der Waals surface area contributed by atoms with E-state index < -0.39 is 5.60 Å². The summed E-state index contributed by atoms with van der Waals surface area (Å²) in [5.74, 6) is 1.23. The molecule has 1 aliphatic rings. The van der Waals surface area contributed by atoms with Gasteiger partial charge in [0.15, 0.2) is 0 Å². The largest absolute Gasteiger partial charge is 0.486 e. The number of carbonyl (C=O) groups is 1. The molecule has 0 aliphatic carbocycles. The Balaban J connectivity index is 1.61. The fourth-order valence-electron chi connectivity index (χ4n) is 4.12. The topological polar surface area (TPSA) is 94.0 Å². The molecule has 0 fully saturated rings. The normalized spacial score (nSPS) is 14.1. The van der Waals surface area contributed by atoms with Crippen molar-refractivity contribution in [1.82, 2.24) is 19.5 Å². The van der Waals surface area contributed by atoms with E-state index in [1.165, 1.54) is 12.4 Å². The highest BCUT2D eigenvalue weighted by atomic mass is 35.5. The number of benzene rings is 1. The number of aromatic nitrogens is 4. The Hall–Kier alpha value is -3.36. The number of amides is 1. The Morgan fingerprint density at radius 3 is 2.59 bits per heavy atom. The van der Waals surface area contributed by atoms with Gasteiger partial charge in [0.05, 0.1) is 32.3 Å². The summed E-state index contributed by atoms with van der Waals surface area (Å²) in [6.07, 6.45) is 5.34. The van der Waals surface area contributed by atoms with Crippen LogP contribution in [0.4, 0.5) is 17.5 Å². The molecule has 34 heavy (non-hydrogen) atoms. The van der Waals surface area contributed by atoms with Crippen LogP contribution in [0.3, 0.4) is 0 Å². The number of halogens is 2. The minimum absolute atomic E-state index is 0.312. The van der Waals surface area contributed by atoms with Crippen LogP contribution in [-0.2, 0) is 13.5 Å². The molecule has 0 spiro atoms. The quantitative estimate of drug-likeness (QED) is 0.376. The maximum absolute atomic E-state index is 13.3. The molecular weight excluding hydrogens is 475 g/mol. The van der Waals surface area contributed by atoms with E-state index in [4.69, 9.17) is 32.9 Å². The highest BCUT2D eigenvalue weighted by molar-refractivity contribution is 6.39. The predicted molar refractivity (Wildman–Crippen MR) is 134 cm³/mol. The monoisotopic (exact) mass is 496 g/mol. The van der Waals surface area contributed by atoms with Crippen LogP contribution in [0, 0.1) is 6.92 Å². The van der Waals surface area contributed by atoms with E-state index in [0.29, 0.717) is 50.7 Å². The van der Waals surface area contributed by atoms with Gasteiger partial charge in [-0.1, -0.05) is 29.3 Å². The molecule has 5 rings (SSSR count). The number of nitrogens with zero attached hydrogens (tertiary/aromatic N) is 4. The van der Waals surface area contributed by atoms with Crippen molar-refractivity contribution >= 4 is 57.6 Å². The van der Waals surface area contributed by atoms with Gasteiger partial charge in [0.25, 0.3) is 5.91 Å². The van der Waals surface area contributed by atoms with Gasteiger partial charge in [0.2, 0.25) is 5.95 Å². The maximum atomic E-state index is 13.3. The molecule has 0 saturated carbocycles. The highest BCUT2D eigenvalue weighted by Crippen LogP contribution is 2.43. The van der Waals surface area contributed by atoms with Crippen LogP contribution in [0.5, 0.6) is 5.75 Å². The van der Waals surface area contributed by atoms with Crippen LogP contribution in [0.2, 0.25) is 10.0 Å². The molecule has 174 valence electrons. The van der Waals surface area contributed by atoms with E-state index in [1.54, 1.807) is 18.3 Å². The minimum Gasteiger partial charge on any atom is -0.486 e. The number of imidazole rings is 1. The third-order valence-corrected chi connectivity index (χ3v) is 6.25. The van der Waals surface area contributed by atoms with Crippen LogP contribution >= 0.6 is 23.2 Å². The first kappa shape index (κ1) is 22.4. The van der Waals surface area contributed by atoms with Gasteiger partial charge in [-0.25, -0.2) is 9.97 Å². The Morgan fingerprint density at radius 2 is 1.91 bits per heavy atom. The van der Waals surface area contributed by atoms with Crippen LogP contribution in [0.1, 0.15) is 35.3 Å². The molecule has 2 N–H and O–H groups in total. The standard InChI is InChI=1S/C24H22Cl2N6O2/c1-12-5-6-18(28-9-12)30-22(33)13-7-17-20(14-8-24(2,3)34-21(13)14)32(4)23(29-17)31-19-15(25)10-27-11-16(19)26/h5-7,9-11H,8H2,1-4H3,(H,27,29,31)(H,28,30,33). The Morgan fingerprint density at radius 1 is 1.18 bits per heavy atom. The fourth-order valence-corrected chi connectivity index (χ4v) is 4.58. The molecular formula is C24H22Cl2N6O2. The van der Waals surface area contributed by atoms with Gasteiger partial charge in [-0.05, 0) is 38.5 Å². The number of hydrogen-bond acceptors (Lipinski definition) is 6. The molecule has 0 bridgehead atoms. The zero-order valence-corrected chi connectivity index (χ0v) is 20.5. The summed E-state index contributed by atoms with van der Waals surface area (Å²) in [4.78, 5) is 26.3. The lowest BCUT2D eigenvalue weighted by molar-refractivity contribution is 0.101. The van der Waals surface area contributed by atoms with Gasteiger partial charge in [-0.3, -0.25) is 9.78 Å². The maximum Gasteiger partial charge on any atom is 0.260 e. The second-order valence-electron chi connectivity index (χ2n) is 8.91. The molecule has 10 heteroatoms. The molecule has 3 aromatic heterocycles. The summed E-state index contributed by atoms with van der Waals surface area (Å²) in [6, 6.07) is 5.39.